The largest absolute Gasteiger partial charge is 0.482 e. The van der Waals surface area contributed by atoms with Crippen LogP contribution in [0.5, 0.6) is 11.5 Å². The van der Waals surface area contributed by atoms with Crippen LogP contribution in [0.1, 0.15) is 28.4 Å². The lowest BCUT2D eigenvalue weighted by molar-refractivity contribution is -0.147. The Kier molecular flexibility index (Phi) is 5.75. The van der Waals surface area contributed by atoms with Crippen molar-refractivity contribution in [3.8, 4) is 11.5 Å². The molecule has 6 nitrogen and oxygen atoms in total. The van der Waals surface area contributed by atoms with Crippen LogP contribution in [-0.4, -0.2) is 25.2 Å². The van der Waals surface area contributed by atoms with Gasteiger partial charge in [-0.1, -0.05) is 23.7 Å². The average molecular weight is 377 g/mol. The Morgan fingerprint density at radius 3 is 2.88 bits per heavy atom. The van der Waals surface area contributed by atoms with E-state index >= 15 is 0 Å². The molecule has 0 fully saturated rings. The van der Waals surface area contributed by atoms with Gasteiger partial charge in [0.05, 0.1) is 6.61 Å². The lowest BCUT2D eigenvalue weighted by Gasteiger charge is -2.21. The molecule has 0 saturated heterocycles. The normalized spacial score (nSPS) is 12.7. The van der Waals surface area contributed by atoms with Gasteiger partial charge in [-0.2, -0.15) is 0 Å². The van der Waals surface area contributed by atoms with Crippen LogP contribution >= 0.6 is 11.6 Å². The Bertz CT molecular complexity index is 833. The highest BCUT2D eigenvalue weighted by molar-refractivity contribution is 6.30. The number of rotatable bonds is 6. The van der Waals surface area contributed by atoms with Crippen molar-refractivity contribution in [1.82, 2.24) is 0 Å². The van der Waals surface area contributed by atoms with Crippen LogP contribution in [0.4, 0.5) is 0 Å². The summed E-state index contributed by atoms with van der Waals surface area (Å²) in [6.07, 6.45) is 0. The molecular formula is C19H17ClO6. The van der Waals surface area contributed by atoms with Crippen LogP contribution in [0, 0.1) is 0 Å². The van der Waals surface area contributed by atoms with Crippen molar-refractivity contribution in [2.24, 2.45) is 0 Å². The van der Waals surface area contributed by atoms with E-state index in [0.29, 0.717) is 34.3 Å². The number of esters is 1. The van der Waals surface area contributed by atoms with E-state index in [1.54, 1.807) is 36.4 Å². The average Bonchev–Trinajstić information content (AvgIpc) is 2.64. The van der Waals surface area contributed by atoms with E-state index in [2.05, 4.69) is 0 Å². The molecule has 2 aromatic carbocycles. The molecule has 1 aliphatic rings. The Balaban J connectivity index is 1.57. The Labute approximate surface area is 155 Å². The van der Waals surface area contributed by atoms with Crippen LogP contribution in [0.25, 0.3) is 0 Å². The Hall–Kier alpha value is -2.57. The van der Waals surface area contributed by atoms with E-state index in [9.17, 15) is 9.59 Å². The fraction of sp³-hybridized carbons (Fsp3) is 0.263. The molecule has 2 aromatic rings. The number of carbonyl (C=O) groups is 2. The molecule has 0 atom stereocenters. The minimum absolute atomic E-state index is 0.0125. The van der Waals surface area contributed by atoms with Gasteiger partial charge >= 0.3 is 5.97 Å². The van der Waals surface area contributed by atoms with Crippen LogP contribution in [0.3, 0.4) is 0 Å². The van der Waals surface area contributed by atoms with E-state index in [4.69, 9.17) is 30.5 Å². The molecule has 1 aliphatic heterocycles. The van der Waals surface area contributed by atoms with Gasteiger partial charge in [-0.05, 0) is 31.2 Å². The summed E-state index contributed by atoms with van der Waals surface area (Å²) < 4.78 is 21.3. The van der Waals surface area contributed by atoms with Gasteiger partial charge in [-0.25, -0.2) is 4.79 Å². The summed E-state index contributed by atoms with van der Waals surface area (Å²) in [5.74, 6) is 0.436. The van der Waals surface area contributed by atoms with E-state index in [1.807, 2.05) is 0 Å². The fourth-order valence-electron chi connectivity index (χ4n) is 2.51. The third-order valence-corrected chi connectivity index (χ3v) is 3.96. The molecular weight excluding hydrogens is 360 g/mol. The van der Waals surface area contributed by atoms with Crippen LogP contribution < -0.4 is 9.47 Å². The van der Waals surface area contributed by atoms with Crippen molar-refractivity contribution in [1.29, 1.82) is 0 Å². The molecule has 0 saturated carbocycles. The maximum absolute atomic E-state index is 11.9. The molecule has 0 bridgehead atoms. The molecule has 0 radical (unpaired) electrons. The first-order chi connectivity index (χ1) is 12.5. The molecule has 1 heterocycles. The first-order valence-electron chi connectivity index (χ1n) is 7.94. The van der Waals surface area contributed by atoms with Gasteiger partial charge in [0.25, 0.3) is 0 Å². The minimum Gasteiger partial charge on any atom is -0.482 e. The maximum Gasteiger partial charge on any atom is 0.344 e. The number of ketones is 1. The summed E-state index contributed by atoms with van der Waals surface area (Å²) >= 11 is 6.07. The van der Waals surface area contributed by atoms with E-state index in [1.165, 1.54) is 6.92 Å². The van der Waals surface area contributed by atoms with Crippen molar-refractivity contribution in [3.63, 3.8) is 0 Å². The van der Waals surface area contributed by atoms with Crippen molar-refractivity contribution >= 4 is 23.4 Å². The first-order valence-corrected chi connectivity index (χ1v) is 8.32. The number of halogens is 1. The second-order valence-electron chi connectivity index (χ2n) is 5.70. The van der Waals surface area contributed by atoms with Crippen molar-refractivity contribution < 1.29 is 28.5 Å². The smallest absolute Gasteiger partial charge is 0.344 e. The van der Waals surface area contributed by atoms with Crippen molar-refractivity contribution in [3.05, 3.63) is 58.1 Å². The zero-order valence-electron chi connectivity index (χ0n) is 14.1. The molecule has 3 rings (SSSR count). The second-order valence-corrected chi connectivity index (χ2v) is 6.13. The quantitative estimate of drug-likeness (QED) is 0.567. The minimum atomic E-state index is -0.543. The van der Waals surface area contributed by atoms with Gasteiger partial charge in [-0.3, -0.25) is 4.79 Å². The standard InChI is InChI=1S/C19H17ClO6/c1-12(21)13-3-2-4-17(7-13)24-10-18(22)25-9-15-6-16(20)5-14-8-23-11-26-19(14)15/h2-7H,8-11H2,1H3. The van der Waals surface area contributed by atoms with Crippen molar-refractivity contribution in [2.45, 2.75) is 20.1 Å². The number of carbonyl (C=O) groups excluding carboxylic acids is 2. The SMILES string of the molecule is CC(=O)c1cccc(OCC(=O)OCc2cc(Cl)cc3c2OCOC3)c1. The first kappa shape index (κ1) is 18.2. The third kappa shape index (κ3) is 4.53. The monoisotopic (exact) mass is 376 g/mol. The number of hydrogen-bond donors (Lipinski definition) is 0. The zero-order valence-corrected chi connectivity index (χ0v) is 14.9. The summed E-state index contributed by atoms with van der Waals surface area (Å²) in [4.78, 5) is 23.3. The second kappa shape index (κ2) is 8.21. The van der Waals surface area contributed by atoms with Gasteiger partial charge in [0.15, 0.2) is 19.2 Å². The zero-order chi connectivity index (χ0) is 18.5. The van der Waals surface area contributed by atoms with Gasteiger partial charge < -0.3 is 18.9 Å². The number of fused-ring (bicyclic) bond motifs is 1. The number of benzene rings is 2. The summed E-state index contributed by atoms with van der Waals surface area (Å²) in [6, 6.07) is 10.1. The fourth-order valence-corrected chi connectivity index (χ4v) is 2.77. The summed E-state index contributed by atoms with van der Waals surface area (Å²) in [5.41, 5.74) is 2.00. The number of hydrogen-bond acceptors (Lipinski definition) is 6. The molecule has 0 aliphatic carbocycles. The molecule has 0 amide bonds. The molecule has 0 N–H and O–H groups in total. The lowest BCUT2D eigenvalue weighted by atomic mass is 10.1. The van der Waals surface area contributed by atoms with E-state index < -0.39 is 5.97 Å². The lowest BCUT2D eigenvalue weighted by Crippen LogP contribution is -2.17. The molecule has 0 unspecified atom stereocenters. The molecule has 0 aromatic heterocycles. The molecule has 7 heteroatoms. The molecule has 136 valence electrons. The van der Waals surface area contributed by atoms with Gasteiger partial charge in [0.1, 0.15) is 18.1 Å². The predicted molar refractivity (Wildman–Crippen MR) is 93.5 cm³/mol. The van der Waals surface area contributed by atoms with Crippen LogP contribution in [-0.2, 0) is 27.5 Å². The van der Waals surface area contributed by atoms with Crippen LogP contribution in [0.2, 0.25) is 5.02 Å². The van der Waals surface area contributed by atoms with Crippen molar-refractivity contribution in [2.75, 3.05) is 13.4 Å². The summed E-state index contributed by atoms with van der Waals surface area (Å²) in [6.45, 7) is 1.75. The third-order valence-electron chi connectivity index (χ3n) is 3.74. The van der Waals surface area contributed by atoms with Gasteiger partial charge in [-0.15, -0.1) is 0 Å². The van der Waals surface area contributed by atoms with Gasteiger partial charge in [0, 0.05) is 21.7 Å². The van der Waals surface area contributed by atoms with Crippen LogP contribution in [0.15, 0.2) is 36.4 Å². The topological polar surface area (TPSA) is 71.1 Å². The summed E-state index contributed by atoms with van der Waals surface area (Å²) in [5, 5.41) is 0.515. The highest BCUT2D eigenvalue weighted by Crippen LogP contribution is 2.32. The molecule has 0 spiro atoms. The highest BCUT2D eigenvalue weighted by Gasteiger charge is 2.17. The number of ether oxygens (including phenoxy) is 4. The highest BCUT2D eigenvalue weighted by atomic mass is 35.5. The molecule has 26 heavy (non-hydrogen) atoms. The predicted octanol–water partition coefficient (Wildman–Crippen LogP) is 3.53. The Morgan fingerprint density at radius 1 is 1.23 bits per heavy atom. The van der Waals surface area contributed by atoms with E-state index in [-0.39, 0.29) is 25.8 Å². The Morgan fingerprint density at radius 2 is 2.08 bits per heavy atom. The van der Waals surface area contributed by atoms with E-state index in [0.717, 1.165) is 5.56 Å². The maximum atomic E-state index is 11.9. The number of Topliss-reactive ketones (excluding diaryl/α,β-unsaturated/α-hetero) is 1. The van der Waals surface area contributed by atoms with Gasteiger partial charge in [0.2, 0.25) is 0 Å². The summed E-state index contributed by atoms with van der Waals surface area (Å²) in [7, 11) is 0.